The van der Waals surface area contributed by atoms with E-state index in [1.54, 1.807) is 0 Å². The topological polar surface area (TPSA) is 48.8 Å². The summed E-state index contributed by atoms with van der Waals surface area (Å²) in [4.78, 5) is 2.67. The van der Waals surface area contributed by atoms with E-state index >= 15 is 0 Å². The minimum Gasteiger partial charge on any atom is -0.0977 e. The highest BCUT2D eigenvalue weighted by atomic mass is 15.1. The molecule has 0 aliphatic carbocycles. The second-order valence-corrected chi connectivity index (χ2v) is 3.27. The summed E-state index contributed by atoms with van der Waals surface area (Å²) in [5, 5.41) is 3.43. The number of benzene rings is 1. The lowest BCUT2D eigenvalue weighted by Gasteiger charge is -2.00. The van der Waals surface area contributed by atoms with E-state index in [9.17, 15) is 0 Å². The van der Waals surface area contributed by atoms with Gasteiger partial charge < -0.3 is 0 Å². The van der Waals surface area contributed by atoms with E-state index in [1.165, 1.54) is 11.1 Å². The van der Waals surface area contributed by atoms with Crippen molar-refractivity contribution >= 4 is 0 Å². The van der Waals surface area contributed by atoms with Gasteiger partial charge in [0.15, 0.2) is 0 Å². The molecule has 0 amide bonds. The van der Waals surface area contributed by atoms with Gasteiger partial charge in [0.05, 0.1) is 0 Å². The van der Waals surface area contributed by atoms with Crippen molar-refractivity contribution in [2.24, 2.45) is 5.11 Å². The zero-order valence-corrected chi connectivity index (χ0v) is 8.99. The number of rotatable bonds is 2. The van der Waals surface area contributed by atoms with Crippen LogP contribution in [0.25, 0.3) is 10.4 Å². The highest BCUT2D eigenvalue weighted by molar-refractivity contribution is 5.46. The van der Waals surface area contributed by atoms with Crippen LogP contribution in [0, 0.1) is 25.7 Å². The quantitative estimate of drug-likeness (QED) is 0.230. The zero-order chi connectivity index (χ0) is 11.1. The fourth-order valence-corrected chi connectivity index (χ4v) is 1.31. The Morgan fingerprint density at radius 3 is 2.60 bits per heavy atom. The average Bonchev–Trinajstić information content (AvgIpc) is 2.21. The summed E-state index contributed by atoms with van der Waals surface area (Å²) in [6, 6.07) is 6.12. The first kappa shape index (κ1) is 11.2. The van der Waals surface area contributed by atoms with Gasteiger partial charge in [-0.25, -0.2) is 0 Å². The van der Waals surface area contributed by atoms with Gasteiger partial charge in [0.25, 0.3) is 0 Å². The van der Waals surface area contributed by atoms with Gasteiger partial charge in [0.1, 0.15) is 0 Å². The Labute approximate surface area is 89.8 Å². The second-order valence-electron chi connectivity index (χ2n) is 3.27. The van der Waals surface area contributed by atoms with Crippen molar-refractivity contribution in [3.63, 3.8) is 0 Å². The number of nitrogens with zero attached hydrogens (tertiary/aromatic N) is 3. The summed E-state index contributed by atoms with van der Waals surface area (Å²) in [5.74, 6) is 6.11. The lowest BCUT2D eigenvalue weighted by molar-refractivity contribution is 1.01. The highest BCUT2D eigenvalue weighted by Gasteiger charge is 1.96. The molecule has 0 radical (unpaired) electrons. The normalized spacial score (nSPS) is 8.67. The van der Waals surface area contributed by atoms with Gasteiger partial charge in [0.2, 0.25) is 0 Å². The molecule has 0 unspecified atom stereocenters. The third kappa shape index (κ3) is 3.38. The molecule has 0 aromatic heterocycles. The maximum atomic E-state index is 8.08. The van der Waals surface area contributed by atoms with E-state index < -0.39 is 0 Å². The molecule has 0 bridgehead atoms. The highest BCUT2D eigenvalue weighted by Crippen LogP contribution is 2.11. The molecule has 15 heavy (non-hydrogen) atoms. The van der Waals surface area contributed by atoms with Crippen LogP contribution in [-0.2, 0) is 0 Å². The molecular formula is C12H13N3. The van der Waals surface area contributed by atoms with Gasteiger partial charge in [0, 0.05) is 23.4 Å². The Morgan fingerprint density at radius 1 is 1.33 bits per heavy atom. The third-order valence-electron chi connectivity index (χ3n) is 2.09. The molecule has 1 rings (SSSR count). The summed E-state index contributed by atoms with van der Waals surface area (Å²) in [7, 11) is 0. The maximum absolute atomic E-state index is 8.08. The summed E-state index contributed by atoms with van der Waals surface area (Å²) in [6.07, 6.45) is 0.609. The monoisotopic (exact) mass is 199 g/mol. The molecule has 0 heterocycles. The SMILES string of the molecule is Cc1cccc(C)c1C#CCCN=[N+]=[N-]. The van der Waals surface area contributed by atoms with Crippen molar-refractivity contribution in [1.82, 2.24) is 0 Å². The van der Waals surface area contributed by atoms with Crippen LogP contribution >= 0.6 is 0 Å². The Kier molecular flexibility index (Phi) is 4.28. The lowest BCUT2D eigenvalue weighted by atomic mass is 10.0. The first-order valence-corrected chi connectivity index (χ1v) is 4.81. The van der Waals surface area contributed by atoms with Crippen LogP contribution in [0.3, 0.4) is 0 Å². The molecule has 1 aromatic carbocycles. The Bertz CT molecular complexity index is 425. The van der Waals surface area contributed by atoms with E-state index in [0.717, 1.165) is 5.56 Å². The van der Waals surface area contributed by atoms with Gasteiger partial charge >= 0.3 is 0 Å². The molecule has 76 valence electrons. The van der Waals surface area contributed by atoms with E-state index in [1.807, 2.05) is 32.0 Å². The minimum absolute atomic E-state index is 0.439. The van der Waals surface area contributed by atoms with Gasteiger partial charge in [-0.15, -0.1) is 0 Å². The molecule has 0 saturated heterocycles. The van der Waals surface area contributed by atoms with Crippen LogP contribution in [0.2, 0.25) is 0 Å². The standard InChI is InChI=1S/C12H13N3/c1-10-6-5-7-11(2)12(10)8-3-4-9-14-15-13/h5-7H,4,9H2,1-2H3. The van der Waals surface area contributed by atoms with Crippen LogP contribution in [0.15, 0.2) is 23.3 Å². The van der Waals surface area contributed by atoms with Crippen LogP contribution in [0.4, 0.5) is 0 Å². The van der Waals surface area contributed by atoms with Gasteiger partial charge in [-0.3, -0.25) is 0 Å². The molecule has 0 atom stereocenters. The van der Waals surface area contributed by atoms with Crippen molar-refractivity contribution < 1.29 is 0 Å². The summed E-state index contributed by atoms with van der Waals surface area (Å²) in [6.45, 7) is 4.53. The maximum Gasteiger partial charge on any atom is 0.0367 e. The van der Waals surface area contributed by atoms with Crippen LogP contribution in [0.5, 0.6) is 0 Å². The summed E-state index contributed by atoms with van der Waals surface area (Å²) < 4.78 is 0. The molecule has 1 aromatic rings. The molecule has 3 heteroatoms. The zero-order valence-electron chi connectivity index (χ0n) is 8.99. The van der Waals surface area contributed by atoms with Crippen molar-refractivity contribution in [3.8, 4) is 11.8 Å². The van der Waals surface area contributed by atoms with Crippen molar-refractivity contribution in [2.45, 2.75) is 20.3 Å². The summed E-state index contributed by atoms with van der Waals surface area (Å²) >= 11 is 0. The smallest absolute Gasteiger partial charge is 0.0367 e. The molecule has 0 spiro atoms. The molecule has 0 aliphatic rings. The Hall–Kier alpha value is -1.91. The largest absolute Gasteiger partial charge is 0.0977 e. The third-order valence-corrected chi connectivity index (χ3v) is 2.09. The van der Waals surface area contributed by atoms with Gasteiger partial charge in [-0.1, -0.05) is 35.2 Å². The Balaban J connectivity index is 2.75. The van der Waals surface area contributed by atoms with E-state index in [4.69, 9.17) is 5.53 Å². The van der Waals surface area contributed by atoms with Crippen LogP contribution in [0.1, 0.15) is 23.1 Å². The van der Waals surface area contributed by atoms with Gasteiger partial charge in [-0.2, -0.15) is 0 Å². The predicted molar refractivity (Wildman–Crippen MR) is 61.4 cm³/mol. The lowest BCUT2D eigenvalue weighted by Crippen LogP contribution is -1.86. The van der Waals surface area contributed by atoms with Crippen molar-refractivity contribution in [2.75, 3.05) is 6.54 Å². The number of aryl methyl sites for hydroxylation is 2. The molecule has 0 N–H and O–H groups in total. The fraction of sp³-hybridized carbons (Fsp3) is 0.333. The molecule has 0 fully saturated rings. The van der Waals surface area contributed by atoms with Crippen LogP contribution < -0.4 is 0 Å². The summed E-state index contributed by atoms with van der Waals surface area (Å²) in [5.41, 5.74) is 11.5. The number of hydrogen-bond donors (Lipinski definition) is 0. The second kappa shape index (κ2) is 5.74. The number of azide groups is 1. The minimum atomic E-state index is 0.439. The molecular weight excluding hydrogens is 186 g/mol. The molecule has 0 saturated carbocycles. The van der Waals surface area contributed by atoms with Crippen molar-refractivity contribution in [3.05, 3.63) is 45.3 Å². The van der Waals surface area contributed by atoms with E-state index in [2.05, 4.69) is 21.9 Å². The fourth-order valence-electron chi connectivity index (χ4n) is 1.31. The van der Waals surface area contributed by atoms with Crippen LogP contribution in [-0.4, -0.2) is 6.54 Å². The first-order chi connectivity index (χ1) is 7.25. The van der Waals surface area contributed by atoms with Gasteiger partial charge in [-0.05, 0) is 30.5 Å². The van der Waals surface area contributed by atoms with E-state index in [0.29, 0.717) is 13.0 Å². The molecule has 0 aliphatic heterocycles. The molecule has 3 nitrogen and oxygen atoms in total. The number of hydrogen-bond acceptors (Lipinski definition) is 1. The van der Waals surface area contributed by atoms with Crippen molar-refractivity contribution in [1.29, 1.82) is 0 Å². The van der Waals surface area contributed by atoms with E-state index in [-0.39, 0.29) is 0 Å². The first-order valence-electron chi connectivity index (χ1n) is 4.81. The Morgan fingerprint density at radius 2 is 2.00 bits per heavy atom. The predicted octanol–water partition coefficient (Wildman–Crippen LogP) is 3.36. The average molecular weight is 199 g/mol.